The summed E-state index contributed by atoms with van der Waals surface area (Å²) in [6, 6.07) is 3.58. The first kappa shape index (κ1) is 16.1. The van der Waals surface area contributed by atoms with E-state index in [1.807, 2.05) is 0 Å². The number of carbonyl (C=O) groups is 1. The Labute approximate surface area is 128 Å². The van der Waals surface area contributed by atoms with Gasteiger partial charge in [0.15, 0.2) is 0 Å². The molecule has 0 spiro atoms. The molecular formula is C13H17ClN2O4S. The lowest BCUT2D eigenvalue weighted by Crippen LogP contribution is -2.45. The van der Waals surface area contributed by atoms with Crippen molar-refractivity contribution < 1.29 is 17.9 Å². The predicted molar refractivity (Wildman–Crippen MR) is 79.0 cm³/mol. The Morgan fingerprint density at radius 2 is 2.10 bits per heavy atom. The van der Waals surface area contributed by atoms with Gasteiger partial charge in [-0.1, -0.05) is 11.6 Å². The van der Waals surface area contributed by atoms with Gasteiger partial charge < -0.3 is 10.1 Å². The normalized spacial score (nSPS) is 16.3. The van der Waals surface area contributed by atoms with Crippen molar-refractivity contribution in [3.63, 3.8) is 0 Å². The lowest BCUT2D eigenvalue weighted by molar-refractivity contribution is -0.122. The molecule has 0 aromatic heterocycles. The van der Waals surface area contributed by atoms with Crippen LogP contribution in [0, 0.1) is 0 Å². The monoisotopic (exact) mass is 332 g/mol. The topological polar surface area (TPSA) is 84.5 Å². The van der Waals surface area contributed by atoms with Crippen molar-refractivity contribution in [1.82, 2.24) is 10.0 Å². The number of hydrogen-bond acceptors (Lipinski definition) is 4. The van der Waals surface area contributed by atoms with E-state index in [0.29, 0.717) is 0 Å². The standard InChI is InChI=1S/C13H17ClN2O4S/c1-8(13(17)15-10-4-5-10)16-21(18,19)12-7-9(14)3-6-11(12)20-2/h3,6-8,10,16H,4-5H2,1-2H3,(H,15,17)/t8-/m1/s1. The van der Waals surface area contributed by atoms with E-state index in [1.54, 1.807) is 0 Å². The summed E-state index contributed by atoms with van der Waals surface area (Å²) in [7, 11) is -2.54. The fourth-order valence-electron chi connectivity index (χ4n) is 1.76. The molecule has 116 valence electrons. The summed E-state index contributed by atoms with van der Waals surface area (Å²) in [4.78, 5) is 11.7. The van der Waals surface area contributed by atoms with Gasteiger partial charge in [0.2, 0.25) is 15.9 Å². The number of carbonyl (C=O) groups excluding carboxylic acids is 1. The van der Waals surface area contributed by atoms with Gasteiger partial charge >= 0.3 is 0 Å². The third-order valence-electron chi connectivity index (χ3n) is 3.06. The SMILES string of the molecule is COc1ccc(Cl)cc1S(=O)(=O)N[C@H](C)C(=O)NC1CC1. The van der Waals surface area contributed by atoms with Crippen LogP contribution in [0.3, 0.4) is 0 Å². The summed E-state index contributed by atoms with van der Waals surface area (Å²) in [5, 5.41) is 3.01. The zero-order chi connectivity index (χ0) is 15.6. The molecule has 2 rings (SSSR count). The number of halogens is 1. The van der Waals surface area contributed by atoms with Gasteiger partial charge in [-0.25, -0.2) is 8.42 Å². The van der Waals surface area contributed by atoms with Crippen LogP contribution in [0.15, 0.2) is 23.1 Å². The largest absolute Gasteiger partial charge is 0.495 e. The second-order valence-electron chi connectivity index (χ2n) is 4.92. The number of nitrogens with one attached hydrogen (secondary N) is 2. The number of benzene rings is 1. The van der Waals surface area contributed by atoms with Gasteiger partial charge in [-0.15, -0.1) is 0 Å². The summed E-state index contributed by atoms with van der Waals surface area (Å²) < 4.78 is 32.1. The summed E-state index contributed by atoms with van der Waals surface area (Å²) in [5.41, 5.74) is 0. The third kappa shape index (κ3) is 4.09. The van der Waals surface area contributed by atoms with E-state index in [4.69, 9.17) is 16.3 Å². The molecule has 8 heteroatoms. The van der Waals surface area contributed by atoms with Gasteiger partial charge in [0, 0.05) is 11.1 Å². The van der Waals surface area contributed by atoms with E-state index in [9.17, 15) is 13.2 Å². The van der Waals surface area contributed by atoms with E-state index in [0.717, 1.165) is 12.8 Å². The first-order chi connectivity index (χ1) is 9.83. The molecule has 2 N–H and O–H groups in total. The fourth-order valence-corrected chi connectivity index (χ4v) is 3.40. The van der Waals surface area contributed by atoms with Crippen molar-refractivity contribution in [3.8, 4) is 5.75 Å². The highest BCUT2D eigenvalue weighted by molar-refractivity contribution is 7.89. The van der Waals surface area contributed by atoms with Gasteiger partial charge in [-0.2, -0.15) is 4.72 Å². The van der Waals surface area contributed by atoms with Crippen LogP contribution in [0.25, 0.3) is 0 Å². The Kier molecular flexibility index (Phi) is 4.75. The highest BCUT2D eigenvalue weighted by Crippen LogP contribution is 2.27. The summed E-state index contributed by atoms with van der Waals surface area (Å²) in [6.45, 7) is 1.49. The molecule has 1 aliphatic rings. The minimum atomic E-state index is -3.91. The number of sulfonamides is 1. The van der Waals surface area contributed by atoms with Crippen molar-refractivity contribution >= 4 is 27.5 Å². The van der Waals surface area contributed by atoms with Gasteiger partial charge in [-0.3, -0.25) is 4.79 Å². The molecule has 1 saturated carbocycles. The van der Waals surface area contributed by atoms with E-state index in [2.05, 4.69) is 10.0 Å². The molecule has 1 aromatic rings. The molecule has 0 heterocycles. The number of rotatable bonds is 6. The second-order valence-corrected chi connectivity index (χ2v) is 7.04. The second kappa shape index (κ2) is 6.21. The van der Waals surface area contributed by atoms with Crippen molar-refractivity contribution in [2.75, 3.05) is 7.11 Å². The number of methoxy groups -OCH3 is 1. The third-order valence-corrected chi connectivity index (χ3v) is 4.86. The zero-order valence-corrected chi connectivity index (χ0v) is 13.3. The lowest BCUT2D eigenvalue weighted by atomic mass is 10.3. The van der Waals surface area contributed by atoms with E-state index in [-0.39, 0.29) is 27.6 Å². The van der Waals surface area contributed by atoms with Crippen LogP contribution in [-0.4, -0.2) is 33.5 Å². The Hall–Kier alpha value is -1.31. The van der Waals surface area contributed by atoms with E-state index >= 15 is 0 Å². The first-order valence-corrected chi connectivity index (χ1v) is 8.36. The van der Waals surface area contributed by atoms with E-state index < -0.39 is 16.1 Å². The first-order valence-electron chi connectivity index (χ1n) is 6.49. The number of hydrogen-bond donors (Lipinski definition) is 2. The average Bonchev–Trinajstić information content (AvgIpc) is 3.22. The average molecular weight is 333 g/mol. The molecule has 21 heavy (non-hydrogen) atoms. The molecule has 1 fully saturated rings. The summed E-state index contributed by atoms with van der Waals surface area (Å²) in [6.07, 6.45) is 1.88. The Morgan fingerprint density at radius 1 is 1.43 bits per heavy atom. The molecule has 0 aliphatic heterocycles. The molecule has 0 unspecified atom stereocenters. The van der Waals surface area contributed by atoms with Gasteiger partial charge in [0.1, 0.15) is 10.6 Å². The van der Waals surface area contributed by atoms with Crippen molar-refractivity contribution in [2.24, 2.45) is 0 Å². The number of amides is 1. The lowest BCUT2D eigenvalue weighted by Gasteiger charge is -2.16. The predicted octanol–water partition coefficient (Wildman–Crippen LogP) is 1.29. The van der Waals surface area contributed by atoms with Crippen LogP contribution in [0.2, 0.25) is 5.02 Å². The summed E-state index contributed by atoms with van der Waals surface area (Å²) in [5.74, 6) is -0.177. The summed E-state index contributed by atoms with van der Waals surface area (Å²) >= 11 is 5.83. The molecule has 1 aliphatic carbocycles. The molecule has 1 aromatic carbocycles. The zero-order valence-electron chi connectivity index (χ0n) is 11.7. The molecule has 1 atom stereocenters. The Morgan fingerprint density at radius 3 is 2.67 bits per heavy atom. The van der Waals surface area contributed by atoms with Gasteiger partial charge in [0.25, 0.3) is 0 Å². The van der Waals surface area contributed by atoms with Crippen molar-refractivity contribution in [2.45, 2.75) is 36.7 Å². The minimum Gasteiger partial charge on any atom is -0.495 e. The maximum absolute atomic E-state index is 12.4. The molecule has 0 bridgehead atoms. The molecular weight excluding hydrogens is 316 g/mol. The fraction of sp³-hybridized carbons (Fsp3) is 0.462. The maximum Gasteiger partial charge on any atom is 0.245 e. The maximum atomic E-state index is 12.4. The van der Waals surface area contributed by atoms with Crippen LogP contribution in [-0.2, 0) is 14.8 Å². The molecule has 6 nitrogen and oxygen atoms in total. The Bertz CT molecular complexity index is 644. The van der Waals surface area contributed by atoms with Crippen molar-refractivity contribution in [3.05, 3.63) is 23.2 Å². The molecule has 0 radical (unpaired) electrons. The van der Waals surface area contributed by atoms with Crippen LogP contribution in [0.4, 0.5) is 0 Å². The minimum absolute atomic E-state index is 0.0939. The van der Waals surface area contributed by atoms with Crippen LogP contribution >= 0.6 is 11.6 Å². The molecule has 1 amide bonds. The highest BCUT2D eigenvalue weighted by Gasteiger charge is 2.29. The molecule has 0 saturated heterocycles. The van der Waals surface area contributed by atoms with Crippen LogP contribution < -0.4 is 14.8 Å². The van der Waals surface area contributed by atoms with Crippen LogP contribution in [0.1, 0.15) is 19.8 Å². The van der Waals surface area contributed by atoms with Crippen molar-refractivity contribution in [1.29, 1.82) is 0 Å². The smallest absolute Gasteiger partial charge is 0.245 e. The quantitative estimate of drug-likeness (QED) is 0.822. The van der Waals surface area contributed by atoms with E-state index in [1.165, 1.54) is 32.2 Å². The van der Waals surface area contributed by atoms with Gasteiger partial charge in [-0.05, 0) is 38.0 Å². The van der Waals surface area contributed by atoms with Gasteiger partial charge in [0.05, 0.1) is 13.2 Å². The highest BCUT2D eigenvalue weighted by atomic mass is 35.5. The Balaban J connectivity index is 2.17. The number of ether oxygens (including phenoxy) is 1. The van der Waals surface area contributed by atoms with Crippen LogP contribution in [0.5, 0.6) is 5.75 Å².